The van der Waals surface area contributed by atoms with E-state index in [0.29, 0.717) is 18.3 Å². The van der Waals surface area contributed by atoms with E-state index < -0.39 is 0 Å². The van der Waals surface area contributed by atoms with Crippen molar-refractivity contribution in [3.8, 4) is 0 Å². The molecular weight excluding hydrogens is 224 g/mol. The Balaban J connectivity index is 2.19. The quantitative estimate of drug-likeness (QED) is 0.699. The van der Waals surface area contributed by atoms with E-state index in [9.17, 15) is 4.79 Å². The van der Waals surface area contributed by atoms with Crippen molar-refractivity contribution in [1.82, 2.24) is 20.4 Å². The summed E-state index contributed by atoms with van der Waals surface area (Å²) < 4.78 is 10.0. The summed E-state index contributed by atoms with van der Waals surface area (Å²) >= 11 is 0. The number of nitrogens with zero attached hydrogens (tertiary/aromatic N) is 3. The fourth-order valence-corrected chi connectivity index (χ4v) is 1.14. The van der Waals surface area contributed by atoms with Gasteiger partial charge in [-0.15, -0.1) is 0 Å². The zero-order valence-corrected chi connectivity index (χ0v) is 10.4. The third-order valence-electron chi connectivity index (χ3n) is 2.14. The van der Waals surface area contributed by atoms with Crippen molar-refractivity contribution >= 4 is 5.91 Å². The van der Waals surface area contributed by atoms with E-state index in [-0.39, 0.29) is 19.1 Å². The van der Waals surface area contributed by atoms with Gasteiger partial charge in [0.25, 0.3) is 5.89 Å². The van der Waals surface area contributed by atoms with Crippen LogP contribution in [0.3, 0.4) is 0 Å². The first-order valence-electron chi connectivity index (χ1n) is 5.39. The Morgan fingerprint density at radius 2 is 2.35 bits per heavy atom. The highest BCUT2D eigenvalue weighted by molar-refractivity contribution is 5.77. The zero-order valence-electron chi connectivity index (χ0n) is 10.4. The summed E-state index contributed by atoms with van der Waals surface area (Å²) in [6, 6.07) is 0. The van der Waals surface area contributed by atoms with Crippen LogP contribution in [0.4, 0.5) is 0 Å². The maximum Gasteiger partial charge on any atom is 0.252 e. The minimum absolute atomic E-state index is 0.0155. The van der Waals surface area contributed by atoms with Crippen molar-refractivity contribution in [2.75, 3.05) is 33.8 Å². The van der Waals surface area contributed by atoms with Gasteiger partial charge in [-0.1, -0.05) is 5.16 Å². The number of ether oxygens (including phenoxy) is 1. The van der Waals surface area contributed by atoms with E-state index in [1.165, 1.54) is 0 Å². The van der Waals surface area contributed by atoms with Crippen molar-refractivity contribution in [2.24, 2.45) is 0 Å². The molecule has 1 N–H and O–H groups in total. The lowest BCUT2D eigenvalue weighted by Crippen LogP contribution is -2.35. The molecule has 96 valence electrons. The fourth-order valence-electron chi connectivity index (χ4n) is 1.14. The van der Waals surface area contributed by atoms with Gasteiger partial charge >= 0.3 is 0 Å². The predicted molar refractivity (Wildman–Crippen MR) is 60.3 cm³/mol. The molecule has 1 heterocycles. The molecule has 1 aromatic rings. The van der Waals surface area contributed by atoms with Gasteiger partial charge in [-0.25, -0.2) is 0 Å². The van der Waals surface area contributed by atoms with Crippen molar-refractivity contribution < 1.29 is 14.1 Å². The zero-order chi connectivity index (χ0) is 12.7. The number of nitrogens with one attached hydrogen (secondary N) is 1. The largest absolute Gasteiger partial charge is 0.362 e. The third-order valence-corrected chi connectivity index (χ3v) is 2.14. The Labute approximate surface area is 100 Å². The molecule has 0 spiro atoms. The standard InChI is InChI=1S/C10H18N4O3/c1-8-12-9(17-13-8)6-16-7-10(15)14(3)5-4-11-2/h11H,4-7H2,1-3H3. The summed E-state index contributed by atoms with van der Waals surface area (Å²) in [6.07, 6.45) is 0. The maximum atomic E-state index is 11.6. The Morgan fingerprint density at radius 3 is 2.94 bits per heavy atom. The molecule has 0 aliphatic rings. The van der Waals surface area contributed by atoms with Crippen LogP contribution >= 0.6 is 0 Å². The van der Waals surface area contributed by atoms with E-state index in [4.69, 9.17) is 9.26 Å². The molecule has 0 fully saturated rings. The normalized spacial score (nSPS) is 10.5. The topological polar surface area (TPSA) is 80.5 Å². The molecule has 1 amide bonds. The van der Waals surface area contributed by atoms with Gasteiger partial charge in [-0.2, -0.15) is 4.98 Å². The summed E-state index contributed by atoms with van der Waals surface area (Å²) in [4.78, 5) is 17.1. The number of hydrogen-bond donors (Lipinski definition) is 1. The molecule has 0 saturated heterocycles. The molecular formula is C10H18N4O3. The number of likely N-dealkylation sites (N-methyl/N-ethyl adjacent to an activating group) is 2. The number of aryl methyl sites for hydroxylation is 1. The Hall–Kier alpha value is -1.47. The number of rotatable bonds is 7. The van der Waals surface area contributed by atoms with Gasteiger partial charge in [0, 0.05) is 20.1 Å². The lowest BCUT2D eigenvalue weighted by molar-refractivity contribution is -0.135. The first-order chi connectivity index (χ1) is 8.13. The fraction of sp³-hybridized carbons (Fsp3) is 0.700. The highest BCUT2D eigenvalue weighted by Gasteiger charge is 2.09. The van der Waals surface area contributed by atoms with Gasteiger partial charge in [0.05, 0.1) is 0 Å². The summed E-state index contributed by atoms with van der Waals surface area (Å²) in [5.74, 6) is 0.866. The molecule has 0 radical (unpaired) electrons. The highest BCUT2D eigenvalue weighted by Crippen LogP contribution is 1.98. The molecule has 0 aliphatic heterocycles. The Bertz CT molecular complexity index is 353. The lowest BCUT2D eigenvalue weighted by atomic mass is 10.5. The van der Waals surface area contributed by atoms with Crippen LogP contribution in [0, 0.1) is 6.92 Å². The van der Waals surface area contributed by atoms with Crippen LogP contribution in [-0.2, 0) is 16.1 Å². The molecule has 0 unspecified atom stereocenters. The van der Waals surface area contributed by atoms with Crippen molar-refractivity contribution in [3.63, 3.8) is 0 Å². The second-order valence-corrected chi connectivity index (χ2v) is 3.65. The van der Waals surface area contributed by atoms with Gasteiger partial charge in [-0.05, 0) is 14.0 Å². The molecule has 7 nitrogen and oxygen atoms in total. The first-order valence-corrected chi connectivity index (χ1v) is 5.39. The van der Waals surface area contributed by atoms with E-state index in [1.807, 2.05) is 7.05 Å². The van der Waals surface area contributed by atoms with Crippen LogP contribution in [0.15, 0.2) is 4.52 Å². The van der Waals surface area contributed by atoms with Crippen molar-refractivity contribution in [2.45, 2.75) is 13.5 Å². The van der Waals surface area contributed by atoms with Gasteiger partial charge < -0.3 is 19.5 Å². The van der Waals surface area contributed by atoms with Gasteiger partial charge in [-0.3, -0.25) is 4.79 Å². The second-order valence-electron chi connectivity index (χ2n) is 3.65. The second kappa shape index (κ2) is 6.97. The number of carbonyl (C=O) groups excluding carboxylic acids is 1. The molecule has 0 atom stereocenters. The van der Waals surface area contributed by atoms with Crippen LogP contribution < -0.4 is 5.32 Å². The highest BCUT2D eigenvalue weighted by atomic mass is 16.5. The SMILES string of the molecule is CNCCN(C)C(=O)COCc1nc(C)no1. The number of hydrogen-bond acceptors (Lipinski definition) is 6. The van der Waals surface area contributed by atoms with Crippen LogP contribution in [0.1, 0.15) is 11.7 Å². The molecule has 0 saturated carbocycles. The van der Waals surface area contributed by atoms with Crippen molar-refractivity contribution in [3.05, 3.63) is 11.7 Å². The van der Waals surface area contributed by atoms with Gasteiger partial charge in [0.15, 0.2) is 5.82 Å². The van der Waals surface area contributed by atoms with Crippen LogP contribution in [0.2, 0.25) is 0 Å². The number of carbonyl (C=O) groups is 1. The summed E-state index contributed by atoms with van der Waals surface area (Å²) in [5.41, 5.74) is 0. The summed E-state index contributed by atoms with van der Waals surface area (Å²) in [6.45, 7) is 3.31. The average Bonchev–Trinajstić information content (AvgIpc) is 2.71. The number of aromatic nitrogens is 2. The molecule has 7 heteroatoms. The third kappa shape index (κ3) is 4.92. The minimum Gasteiger partial charge on any atom is -0.362 e. The minimum atomic E-state index is -0.0727. The van der Waals surface area contributed by atoms with Crippen LogP contribution in [0.5, 0.6) is 0 Å². The first kappa shape index (κ1) is 13.6. The summed E-state index contributed by atoms with van der Waals surface area (Å²) in [7, 11) is 3.58. The van der Waals surface area contributed by atoms with Gasteiger partial charge in [0.2, 0.25) is 5.91 Å². The van der Waals surface area contributed by atoms with E-state index in [0.717, 1.165) is 6.54 Å². The maximum absolute atomic E-state index is 11.6. The van der Waals surface area contributed by atoms with Gasteiger partial charge in [0.1, 0.15) is 13.2 Å². The Morgan fingerprint density at radius 1 is 1.59 bits per heavy atom. The smallest absolute Gasteiger partial charge is 0.252 e. The average molecular weight is 242 g/mol. The molecule has 1 aromatic heterocycles. The van der Waals surface area contributed by atoms with Crippen molar-refractivity contribution in [1.29, 1.82) is 0 Å². The van der Waals surface area contributed by atoms with Crippen LogP contribution in [0.25, 0.3) is 0 Å². The molecule has 0 aliphatic carbocycles. The number of amides is 1. The predicted octanol–water partition coefficient (Wildman–Crippen LogP) is -0.428. The molecule has 0 bridgehead atoms. The van der Waals surface area contributed by atoms with E-state index >= 15 is 0 Å². The lowest BCUT2D eigenvalue weighted by Gasteiger charge is -2.16. The van der Waals surface area contributed by atoms with E-state index in [1.54, 1.807) is 18.9 Å². The molecule has 1 rings (SSSR count). The van der Waals surface area contributed by atoms with Crippen LogP contribution in [-0.4, -0.2) is 54.7 Å². The van der Waals surface area contributed by atoms with E-state index in [2.05, 4.69) is 15.5 Å². The monoisotopic (exact) mass is 242 g/mol. The molecule has 17 heavy (non-hydrogen) atoms. The molecule has 0 aromatic carbocycles. The Kier molecular flexibility index (Phi) is 5.58. The summed E-state index contributed by atoms with van der Waals surface area (Å²) in [5, 5.41) is 6.59.